The van der Waals surface area contributed by atoms with E-state index in [1.807, 2.05) is 0 Å². The highest BCUT2D eigenvalue weighted by Gasteiger charge is 2.58. The van der Waals surface area contributed by atoms with E-state index in [1.54, 1.807) is 11.1 Å². The lowest BCUT2D eigenvalue weighted by Gasteiger charge is -2.54. The van der Waals surface area contributed by atoms with Gasteiger partial charge < -0.3 is 8.85 Å². The molecule has 40 heavy (non-hydrogen) atoms. The van der Waals surface area contributed by atoms with Crippen molar-refractivity contribution in [3.8, 4) is 5.75 Å². The van der Waals surface area contributed by atoms with Crippen molar-refractivity contribution in [3.63, 3.8) is 0 Å². The molecular formula is C36H62O2Si2. The van der Waals surface area contributed by atoms with Crippen LogP contribution in [0.25, 0.3) is 0 Å². The third-order valence-corrected chi connectivity index (χ3v) is 21.3. The summed E-state index contributed by atoms with van der Waals surface area (Å²) in [5.74, 6) is 4.14. The summed E-state index contributed by atoms with van der Waals surface area (Å²) in [7, 11) is -3.66. The number of rotatable bonds is 9. The zero-order valence-corrected chi connectivity index (χ0v) is 30.1. The van der Waals surface area contributed by atoms with Crippen LogP contribution in [0.5, 0.6) is 5.75 Å². The summed E-state index contributed by atoms with van der Waals surface area (Å²) in [6, 6.07) is 7.24. The van der Waals surface area contributed by atoms with E-state index in [0.717, 1.165) is 29.9 Å². The first-order valence-corrected chi connectivity index (χ1v) is 22.3. The van der Waals surface area contributed by atoms with Crippen molar-refractivity contribution in [2.45, 2.75) is 155 Å². The summed E-state index contributed by atoms with van der Waals surface area (Å²) in [5.41, 5.74) is 3.55. The Balaban J connectivity index is 1.63. The predicted octanol–water partition coefficient (Wildman–Crippen LogP) is 11.3. The van der Waals surface area contributed by atoms with Gasteiger partial charge in [0.1, 0.15) is 5.75 Å². The van der Waals surface area contributed by atoms with Crippen LogP contribution in [0, 0.1) is 23.2 Å². The molecule has 0 amide bonds. The molecule has 0 aromatic heterocycles. The molecule has 2 nitrogen and oxygen atoms in total. The number of benzene rings is 1. The molecule has 0 saturated heterocycles. The van der Waals surface area contributed by atoms with Crippen LogP contribution in [0.1, 0.15) is 117 Å². The average Bonchev–Trinajstić information content (AvgIpc) is 3.15. The van der Waals surface area contributed by atoms with Gasteiger partial charge in [-0.15, -0.1) is 6.58 Å². The third-order valence-electron chi connectivity index (χ3n) is 12.4. The molecule has 4 rings (SSSR count). The van der Waals surface area contributed by atoms with E-state index in [2.05, 4.69) is 106 Å². The van der Waals surface area contributed by atoms with Crippen molar-refractivity contribution in [1.82, 2.24) is 0 Å². The fourth-order valence-corrected chi connectivity index (χ4v) is 10.4. The van der Waals surface area contributed by atoms with Gasteiger partial charge in [-0.2, -0.15) is 0 Å². The molecule has 3 aliphatic carbocycles. The minimum Gasteiger partial charge on any atom is -0.543 e. The molecule has 0 radical (unpaired) electrons. The van der Waals surface area contributed by atoms with E-state index < -0.39 is 16.6 Å². The van der Waals surface area contributed by atoms with Gasteiger partial charge in [0.2, 0.25) is 8.32 Å². The molecule has 0 unspecified atom stereocenters. The smallest absolute Gasteiger partial charge is 0.250 e. The molecule has 0 heterocycles. The Morgan fingerprint density at radius 3 is 2.25 bits per heavy atom. The SMILES string of the molecule is C=CCCCC[C@@H]1Cc2cc(O[Si](C)(C)C(C)(C)C)ccc2[C@H]2CC[C@]3(C)[C@@H](O[Si](C)(C)C(C)(C)C)CC[C@H]3[C@H]12. The minimum atomic E-state index is -1.86. The van der Waals surface area contributed by atoms with Gasteiger partial charge in [0, 0.05) is 0 Å². The van der Waals surface area contributed by atoms with E-state index in [4.69, 9.17) is 8.85 Å². The first-order valence-electron chi connectivity index (χ1n) is 16.5. The molecule has 3 aliphatic rings. The molecule has 226 valence electrons. The largest absolute Gasteiger partial charge is 0.543 e. The number of hydrogen-bond donors (Lipinski definition) is 0. The Bertz CT molecular complexity index is 1050. The van der Waals surface area contributed by atoms with Crippen molar-refractivity contribution >= 4 is 16.6 Å². The molecular weight excluding hydrogens is 521 g/mol. The molecule has 6 atom stereocenters. The Kier molecular flexibility index (Phi) is 9.09. The van der Waals surface area contributed by atoms with Gasteiger partial charge in [0.15, 0.2) is 8.32 Å². The summed E-state index contributed by atoms with van der Waals surface area (Å²) < 4.78 is 14.0. The summed E-state index contributed by atoms with van der Waals surface area (Å²) in [4.78, 5) is 0. The lowest BCUT2D eigenvalue weighted by molar-refractivity contribution is -0.0344. The van der Waals surface area contributed by atoms with E-state index in [0.29, 0.717) is 17.4 Å². The van der Waals surface area contributed by atoms with Crippen LogP contribution in [-0.2, 0) is 10.8 Å². The maximum Gasteiger partial charge on any atom is 0.250 e. The molecule has 1 aromatic carbocycles. The van der Waals surface area contributed by atoms with Gasteiger partial charge in [-0.3, -0.25) is 0 Å². The summed E-state index contributed by atoms with van der Waals surface area (Å²) in [6.07, 6.45) is 14.1. The van der Waals surface area contributed by atoms with Gasteiger partial charge in [-0.1, -0.05) is 67.0 Å². The minimum absolute atomic E-state index is 0.209. The van der Waals surface area contributed by atoms with E-state index in [9.17, 15) is 0 Å². The van der Waals surface area contributed by atoms with Crippen LogP contribution < -0.4 is 4.43 Å². The Morgan fingerprint density at radius 1 is 0.950 bits per heavy atom. The second-order valence-electron chi connectivity index (χ2n) is 17.0. The van der Waals surface area contributed by atoms with Crippen molar-refractivity contribution in [1.29, 1.82) is 0 Å². The molecule has 0 aliphatic heterocycles. The second kappa shape index (κ2) is 11.3. The van der Waals surface area contributed by atoms with Crippen LogP contribution in [0.15, 0.2) is 30.9 Å². The molecule has 2 fully saturated rings. The highest BCUT2D eigenvalue weighted by molar-refractivity contribution is 6.75. The zero-order valence-electron chi connectivity index (χ0n) is 28.1. The molecule has 0 spiro atoms. The fourth-order valence-electron chi connectivity index (χ4n) is 7.93. The van der Waals surface area contributed by atoms with Gasteiger partial charge in [-0.25, -0.2) is 0 Å². The summed E-state index contributed by atoms with van der Waals surface area (Å²) in [5, 5.41) is 0.474. The lowest BCUT2D eigenvalue weighted by Crippen LogP contribution is -2.51. The summed E-state index contributed by atoms with van der Waals surface area (Å²) >= 11 is 0. The van der Waals surface area contributed by atoms with Crippen LogP contribution in [0.4, 0.5) is 0 Å². The normalized spacial score (nSPS) is 30.8. The standard InChI is InChI=1S/C36H62O2Si2/c1-13-14-15-16-17-26-24-27-25-28(37-39(9,10)34(2,3)4)18-19-29(27)30-22-23-36(8)31(33(26)30)20-21-32(36)38-40(11,12)35(5,6)7/h13,18-19,25-26,30-33H,1,14-17,20-24H2,2-12H3/t26-,30-,31+,32+,33-,36+/m1/s1. The monoisotopic (exact) mass is 582 g/mol. The fraction of sp³-hybridized carbons (Fsp3) is 0.778. The highest BCUT2D eigenvalue weighted by Crippen LogP contribution is 2.64. The first-order chi connectivity index (χ1) is 18.4. The maximum absolute atomic E-state index is 7.24. The van der Waals surface area contributed by atoms with Crippen molar-refractivity contribution in [2.24, 2.45) is 23.2 Å². The highest BCUT2D eigenvalue weighted by atomic mass is 28.4. The van der Waals surface area contributed by atoms with Gasteiger partial charge >= 0.3 is 0 Å². The van der Waals surface area contributed by atoms with Crippen molar-refractivity contribution in [2.75, 3.05) is 0 Å². The molecule has 0 N–H and O–H groups in total. The third kappa shape index (κ3) is 6.11. The number of fused-ring (bicyclic) bond motifs is 5. The van der Waals surface area contributed by atoms with Crippen LogP contribution in [0.3, 0.4) is 0 Å². The van der Waals surface area contributed by atoms with Crippen LogP contribution in [0.2, 0.25) is 36.3 Å². The van der Waals surface area contributed by atoms with Gasteiger partial charge in [0.05, 0.1) is 6.10 Å². The number of unbranched alkanes of at least 4 members (excludes halogenated alkanes) is 2. The number of hydrogen-bond acceptors (Lipinski definition) is 2. The Labute approximate surface area is 250 Å². The maximum atomic E-state index is 7.24. The summed E-state index contributed by atoms with van der Waals surface area (Å²) in [6.45, 7) is 30.5. The number of allylic oxidation sites excluding steroid dienone is 1. The molecule has 2 saturated carbocycles. The van der Waals surface area contributed by atoms with Gasteiger partial charge in [0.25, 0.3) is 0 Å². The van der Waals surface area contributed by atoms with E-state index >= 15 is 0 Å². The zero-order chi connectivity index (χ0) is 29.7. The molecule has 1 aromatic rings. The Hall–Kier alpha value is -0.846. The Morgan fingerprint density at radius 2 is 1.62 bits per heavy atom. The second-order valence-corrected chi connectivity index (χ2v) is 26.5. The molecule has 4 heteroatoms. The predicted molar refractivity (Wildman–Crippen MR) is 178 cm³/mol. The van der Waals surface area contributed by atoms with Crippen molar-refractivity contribution in [3.05, 3.63) is 42.0 Å². The molecule has 0 bridgehead atoms. The first kappa shape index (κ1) is 32.1. The van der Waals surface area contributed by atoms with Crippen molar-refractivity contribution < 1.29 is 8.85 Å². The van der Waals surface area contributed by atoms with E-state index in [1.165, 1.54) is 51.4 Å². The van der Waals surface area contributed by atoms with Crippen LogP contribution in [-0.4, -0.2) is 22.7 Å². The average molecular weight is 583 g/mol. The topological polar surface area (TPSA) is 18.5 Å². The van der Waals surface area contributed by atoms with E-state index in [-0.39, 0.29) is 10.1 Å². The van der Waals surface area contributed by atoms with Crippen LogP contribution >= 0.6 is 0 Å². The quantitative estimate of drug-likeness (QED) is 0.164. The lowest BCUT2D eigenvalue weighted by atomic mass is 9.52. The van der Waals surface area contributed by atoms with Gasteiger partial charge in [-0.05, 0) is 140 Å².